The predicted octanol–water partition coefficient (Wildman–Crippen LogP) is 3.39. The molecule has 0 saturated carbocycles. The summed E-state index contributed by atoms with van der Waals surface area (Å²) in [5.74, 6) is -0.338. The molecule has 0 N–H and O–H groups in total. The first kappa shape index (κ1) is 15.8. The maximum atomic E-state index is 12.4. The van der Waals surface area contributed by atoms with Gasteiger partial charge < -0.3 is 14.1 Å². The van der Waals surface area contributed by atoms with Gasteiger partial charge in [-0.3, -0.25) is 0 Å². The van der Waals surface area contributed by atoms with E-state index < -0.39 is 11.6 Å². The molecule has 3 aromatic rings. The van der Waals surface area contributed by atoms with Crippen molar-refractivity contribution in [2.75, 3.05) is 19.0 Å². The second-order valence-corrected chi connectivity index (χ2v) is 5.67. The molecule has 0 unspecified atom stereocenters. The standard InChI is InChI=1S/C19H17NO4/c1-12-15-10-9-13(20(2)3)11-16(15)24-19(22)17(12)18(21)23-14-7-5-4-6-8-14/h4-11H,1-3H3. The van der Waals surface area contributed by atoms with E-state index in [2.05, 4.69) is 0 Å². The van der Waals surface area contributed by atoms with Crippen LogP contribution in [-0.4, -0.2) is 20.1 Å². The largest absolute Gasteiger partial charge is 0.423 e. The summed E-state index contributed by atoms with van der Waals surface area (Å²) in [5, 5.41) is 0.709. The molecular weight excluding hydrogens is 306 g/mol. The first-order valence-electron chi connectivity index (χ1n) is 7.49. The molecule has 0 aliphatic carbocycles. The summed E-state index contributed by atoms with van der Waals surface area (Å²) >= 11 is 0. The van der Waals surface area contributed by atoms with Gasteiger partial charge in [0, 0.05) is 31.2 Å². The van der Waals surface area contributed by atoms with Crippen molar-refractivity contribution in [3.05, 3.63) is 70.1 Å². The van der Waals surface area contributed by atoms with E-state index in [4.69, 9.17) is 9.15 Å². The molecule has 122 valence electrons. The molecule has 3 rings (SSSR count). The maximum absolute atomic E-state index is 12.4. The summed E-state index contributed by atoms with van der Waals surface area (Å²) in [4.78, 5) is 26.6. The highest BCUT2D eigenvalue weighted by molar-refractivity contribution is 5.97. The summed E-state index contributed by atoms with van der Waals surface area (Å²) in [7, 11) is 3.80. The molecule has 0 spiro atoms. The molecule has 0 saturated heterocycles. The molecule has 5 heteroatoms. The number of para-hydroxylation sites is 1. The summed E-state index contributed by atoms with van der Waals surface area (Å²) in [6.45, 7) is 1.72. The van der Waals surface area contributed by atoms with Crippen LogP contribution in [0.15, 0.2) is 57.7 Å². The average molecular weight is 323 g/mol. The van der Waals surface area contributed by atoms with Crippen molar-refractivity contribution < 1.29 is 13.9 Å². The van der Waals surface area contributed by atoms with Crippen molar-refractivity contribution in [1.29, 1.82) is 0 Å². The van der Waals surface area contributed by atoms with Gasteiger partial charge in [-0.05, 0) is 36.8 Å². The number of anilines is 1. The van der Waals surface area contributed by atoms with Crippen LogP contribution in [0.3, 0.4) is 0 Å². The Morgan fingerprint density at radius 3 is 2.46 bits per heavy atom. The molecule has 0 aliphatic rings. The number of ether oxygens (including phenoxy) is 1. The van der Waals surface area contributed by atoms with Crippen molar-refractivity contribution in [3.8, 4) is 5.75 Å². The molecule has 24 heavy (non-hydrogen) atoms. The van der Waals surface area contributed by atoms with Crippen molar-refractivity contribution in [2.45, 2.75) is 6.92 Å². The summed E-state index contributed by atoms with van der Waals surface area (Å²) < 4.78 is 10.6. The SMILES string of the molecule is Cc1c(C(=O)Oc2ccccc2)c(=O)oc2cc(N(C)C)ccc12. The fourth-order valence-corrected chi connectivity index (χ4v) is 2.51. The van der Waals surface area contributed by atoms with Crippen LogP contribution < -0.4 is 15.3 Å². The van der Waals surface area contributed by atoms with Crippen molar-refractivity contribution >= 4 is 22.6 Å². The smallest absolute Gasteiger partial charge is 0.351 e. The van der Waals surface area contributed by atoms with Crippen LogP contribution in [0.2, 0.25) is 0 Å². The number of aryl methyl sites for hydroxylation is 1. The minimum atomic E-state index is -0.717. The number of hydrogen-bond acceptors (Lipinski definition) is 5. The van der Waals surface area contributed by atoms with Gasteiger partial charge in [0.05, 0.1) is 0 Å². The fraction of sp³-hybridized carbons (Fsp3) is 0.158. The van der Waals surface area contributed by atoms with Gasteiger partial charge in [-0.25, -0.2) is 9.59 Å². The summed E-state index contributed by atoms with van der Waals surface area (Å²) in [6.07, 6.45) is 0. The lowest BCUT2D eigenvalue weighted by Crippen LogP contribution is -2.21. The van der Waals surface area contributed by atoms with Gasteiger partial charge in [-0.1, -0.05) is 18.2 Å². The zero-order valence-electron chi connectivity index (χ0n) is 13.7. The number of esters is 1. The Balaban J connectivity index is 2.07. The minimum Gasteiger partial charge on any atom is -0.423 e. The number of hydrogen-bond donors (Lipinski definition) is 0. The highest BCUT2D eigenvalue weighted by atomic mass is 16.5. The van der Waals surface area contributed by atoms with Gasteiger partial charge in [0.15, 0.2) is 0 Å². The van der Waals surface area contributed by atoms with Crippen molar-refractivity contribution in [2.24, 2.45) is 0 Å². The van der Waals surface area contributed by atoms with Gasteiger partial charge >= 0.3 is 11.6 Å². The lowest BCUT2D eigenvalue weighted by atomic mass is 10.1. The normalized spacial score (nSPS) is 10.6. The lowest BCUT2D eigenvalue weighted by molar-refractivity contribution is 0.0730. The second kappa shape index (κ2) is 6.20. The van der Waals surface area contributed by atoms with E-state index in [-0.39, 0.29) is 5.56 Å². The average Bonchev–Trinajstić information content (AvgIpc) is 2.55. The molecule has 0 radical (unpaired) electrons. The van der Waals surface area contributed by atoms with Crippen molar-refractivity contribution in [1.82, 2.24) is 0 Å². The Kier molecular flexibility index (Phi) is 4.08. The Hall–Kier alpha value is -3.08. The number of nitrogens with zero attached hydrogens (tertiary/aromatic N) is 1. The molecule has 0 amide bonds. The van der Waals surface area contributed by atoms with Crippen LogP contribution >= 0.6 is 0 Å². The third-order valence-corrected chi connectivity index (χ3v) is 3.83. The van der Waals surface area contributed by atoms with E-state index in [1.807, 2.05) is 37.2 Å². The number of carbonyl (C=O) groups is 1. The second-order valence-electron chi connectivity index (χ2n) is 5.67. The molecule has 0 fully saturated rings. The molecule has 0 atom stereocenters. The third kappa shape index (κ3) is 2.88. The monoisotopic (exact) mass is 323 g/mol. The molecule has 5 nitrogen and oxygen atoms in total. The van der Waals surface area contributed by atoms with Gasteiger partial charge in [0.2, 0.25) is 0 Å². The molecule has 2 aromatic carbocycles. The van der Waals surface area contributed by atoms with Gasteiger partial charge in [0.1, 0.15) is 16.9 Å². The molecule has 0 aliphatic heterocycles. The molecule has 0 bridgehead atoms. The van der Waals surface area contributed by atoms with Crippen molar-refractivity contribution in [3.63, 3.8) is 0 Å². The maximum Gasteiger partial charge on any atom is 0.351 e. The van der Waals surface area contributed by atoms with E-state index in [1.54, 1.807) is 37.3 Å². The third-order valence-electron chi connectivity index (χ3n) is 3.83. The summed E-state index contributed by atoms with van der Waals surface area (Å²) in [6, 6.07) is 14.1. The zero-order valence-corrected chi connectivity index (χ0v) is 13.7. The Morgan fingerprint density at radius 1 is 1.08 bits per heavy atom. The quantitative estimate of drug-likeness (QED) is 0.420. The highest BCUT2D eigenvalue weighted by Gasteiger charge is 2.20. The van der Waals surface area contributed by atoms with E-state index in [1.165, 1.54) is 0 Å². The van der Waals surface area contributed by atoms with Crippen LogP contribution in [0.25, 0.3) is 11.0 Å². The van der Waals surface area contributed by atoms with Gasteiger partial charge in [-0.2, -0.15) is 0 Å². The van der Waals surface area contributed by atoms with Crippen LogP contribution in [0.1, 0.15) is 15.9 Å². The first-order valence-corrected chi connectivity index (χ1v) is 7.49. The van der Waals surface area contributed by atoms with Crippen LogP contribution in [0.5, 0.6) is 5.75 Å². The number of rotatable bonds is 3. The molecular formula is C19H17NO4. The Morgan fingerprint density at radius 2 is 1.79 bits per heavy atom. The van der Waals surface area contributed by atoms with Crippen LogP contribution in [0, 0.1) is 6.92 Å². The van der Waals surface area contributed by atoms with E-state index >= 15 is 0 Å². The topological polar surface area (TPSA) is 59.8 Å². The zero-order chi connectivity index (χ0) is 17.3. The van der Waals surface area contributed by atoms with Gasteiger partial charge in [0.25, 0.3) is 0 Å². The fourth-order valence-electron chi connectivity index (χ4n) is 2.51. The van der Waals surface area contributed by atoms with E-state index in [0.29, 0.717) is 22.3 Å². The first-order chi connectivity index (χ1) is 11.5. The van der Waals surface area contributed by atoms with Gasteiger partial charge in [-0.15, -0.1) is 0 Å². The molecule has 1 aromatic heterocycles. The predicted molar refractivity (Wildman–Crippen MR) is 92.9 cm³/mol. The Bertz CT molecular complexity index is 958. The number of carbonyl (C=O) groups excluding carboxylic acids is 1. The minimum absolute atomic E-state index is 0.0797. The summed E-state index contributed by atoms with van der Waals surface area (Å²) in [5.41, 5.74) is 1.12. The number of benzene rings is 2. The lowest BCUT2D eigenvalue weighted by Gasteiger charge is -2.13. The molecule has 1 heterocycles. The van der Waals surface area contributed by atoms with E-state index in [9.17, 15) is 9.59 Å². The van der Waals surface area contributed by atoms with Crippen LogP contribution in [0.4, 0.5) is 5.69 Å². The van der Waals surface area contributed by atoms with E-state index in [0.717, 1.165) is 5.69 Å². The number of fused-ring (bicyclic) bond motifs is 1. The highest BCUT2D eigenvalue weighted by Crippen LogP contribution is 2.24. The Labute approximate surface area is 139 Å². The van der Waals surface area contributed by atoms with Crippen LogP contribution in [-0.2, 0) is 0 Å².